The SMILES string of the molecule is C=NN(/C=C(/F)CC)CC. The number of hydrazone groups is 1. The standard InChI is InChI=1S/C7H13FN2/c1-4-7(8)6-10(5-2)9-3/h6H,3-5H2,1-2H3/b7-6+. The molecule has 3 heteroatoms. The monoisotopic (exact) mass is 144 g/mol. The molecule has 0 amide bonds. The number of rotatable bonds is 4. The van der Waals surface area contributed by atoms with Crippen molar-refractivity contribution in [3.8, 4) is 0 Å². The highest BCUT2D eigenvalue weighted by molar-refractivity contribution is 5.22. The van der Waals surface area contributed by atoms with E-state index in [1.807, 2.05) is 6.92 Å². The molecule has 0 saturated carbocycles. The van der Waals surface area contributed by atoms with Gasteiger partial charge in [-0.25, -0.2) is 4.39 Å². The van der Waals surface area contributed by atoms with Crippen LogP contribution in [0.4, 0.5) is 4.39 Å². The van der Waals surface area contributed by atoms with E-state index in [0.717, 1.165) is 0 Å². The molecule has 0 spiro atoms. The largest absolute Gasteiger partial charge is 0.271 e. The van der Waals surface area contributed by atoms with Crippen molar-refractivity contribution in [2.45, 2.75) is 20.3 Å². The van der Waals surface area contributed by atoms with Gasteiger partial charge in [-0.2, -0.15) is 5.10 Å². The van der Waals surface area contributed by atoms with E-state index < -0.39 is 0 Å². The van der Waals surface area contributed by atoms with E-state index >= 15 is 0 Å². The van der Waals surface area contributed by atoms with Crippen LogP contribution in [0, 0.1) is 0 Å². The number of nitrogens with zero attached hydrogens (tertiary/aromatic N) is 2. The second kappa shape index (κ2) is 4.97. The normalized spacial score (nSPS) is 11.3. The van der Waals surface area contributed by atoms with Crippen molar-refractivity contribution < 1.29 is 4.39 Å². The van der Waals surface area contributed by atoms with Gasteiger partial charge in [-0.05, 0) is 13.3 Å². The molecule has 0 aromatic rings. The lowest BCUT2D eigenvalue weighted by Crippen LogP contribution is -2.07. The minimum absolute atomic E-state index is 0.172. The van der Waals surface area contributed by atoms with Crippen molar-refractivity contribution in [1.82, 2.24) is 5.01 Å². The molecule has 0 aliphatic carbocycles. The van der Waals surface area contributed by atoms with Crippen molar-refractivity contribution in [3.05, 3.63) is 12.0 Å². The number of hydrogen-bond donors (Lipinski definition) is 0. The first kappa shape index (κ1) is 9.14. The quantitative estimate of drug-likeness (QED) is 0.436. The van der Waals surface area contributed by atoms with Gasteiger partial charge in [0, 0.05) is 13.3 Å². The van der Waals surface area contributed by atoms with Crippen LogP contribution >= 0.6 is 0 Å². The summed E-state index contributed by atoms with van der Waals surface area (Å²) in [6.45, 7) is 7.57. The fraction of sp³-hybridized carbons (Fsp3) is 0.571. The predicted octanol–water partition coefficient (Wildman–Crippen LogP) is 2.14. The summed E-state index contributed by atoms with van der Waals surface area (Å²) < 4.78 is 12.5. The molecule has 0 N–H and O–H groups in total. The van der Waals surface area contributed by atoms with Crippen LogP contribution in [0.5, 0.6) is 0 Å². The number of hydrogen-bond acceptors (Lipinski definition) is 2. The lowest BCUT2D eigenvalue weighted by Gasteiger charge is -2.09. The highest BCUT2D eigenvalue weighted by atomic mass is 19.1. The third-order valence-electron chi connectivity index (χ3n) is 1.13. The lowest BCUT2D eigenvalue weighted by atomic mass is 10.4. The molecule has 0 radical (unpaired) electrons. The first-order valence-electron chi connectivity index (χ1n) is 3.34. The number of halogens is 1. The van der Waals surface area contributed by atoms with Gasteiger partial charge in [0.25, 0.3) is 0 Å². The summed E-state index contributed by atoms with van der Waals surface area (Å²) in [7, 11) is 0. The molecule has 0 heterocycles. The summed E-state index contributed by atoms with van der Waals surface area (Å²) in [5, 5.41) is 5.02. The Morgan fingerprint density at radius 3 is 2.60 bits per heavy atom. The summed E-state index contributed by atoms with van der Waals surface area (Å²) >= 11 is 0. The van der Waals surface area contributed by atoms with E-state index in [0.29, 0.717) is 13.0 Å². The topological polar surface area (TPSA) is 15.6 Å². The molecule has 0 aliphatic heterocycles. The van der Waals surface area contributed by atoms with Gasteiger partial charge in [0.15, 0.2) is 0 Å². The van der Waals surface area contributed by atoms with Crippen molar-refractivity contribution in [2.24, 2.45) is 5.10 Å². The Morgan fingerprint density at radius 1 is 1.70 bits per heavy atom. The van der Waals surface area contributed by atoms with Gasteiger partial charge < -0.3 is 0 Å². The summed E-state index contributed by atoms with van der Waals surface area (Å²) in [6.07, 6.45) is 1.76. The van der Waals surface area contributed by atoms with E-state index in [2.05, 4.69) is 11.8 Å². The molecular weight excluding hydrogens is 131 g/mol. The molecule has 0 bridgehead atoms. The zero-order valence-electron chi connectivity index (χ0n) is 6.47. The second-order valence-corrected chi connectivity index (χ2v) is 1.83. The van der Waals surface area contributed by atoms with Crippen LogP contribution in [-0.2, 0) is 0 Å². The molecule has 0 aliphatic rings. The van der Waals surface area contributed by atoms with Crippen LogP contribution in [0.2, 0.25) is 0 Å². The molecule has 0 unspecified atom stereocenters. The zero-order chi connectivity index (χ0) is 7.98. The Balaban J connectivity index is 3.92. The summed E-state index contributed by atoms with van der Waals surface area (Å²) in [5.74, 6) is -0.172. The second-order valence-electron chi connectivity index (χ2n) is 1.83. The Hall–Kier alpha value is -0.860. The van der Waals surface area contributed by atoms with E-state index in [4.69, 9.17) is 0 Å². The highest BCUT2D eigenvalue weighted by Crippen LogP contribution is 2.03. The maximum absolute atomic E-state index is 12.5. The third kappa shape index (κ3) is 3.22. The highest BCUT2D eigenvalue weighted by Gasteiger charge is 1.93. The van der Waals surface area contributed by atoms with Gasteiger partial charge in [0.2, 0.25) is 0 Å². The van der Waals surface area contributed by atoms with Crippen LogP contribution in [0.25, 0.3) is 0 Å². The molecule has 0 aromatic carbocycles. The minimum Gasteiger partial charge on any atom is -0.271 e. The van der Waals surface area contributed by atoms with Gasteiger partial charge >= 0.3 is 0 Å². The Kier molecular flexibility index (Phi) is 4.54. The Morgan fingerprint density at radius 2 is 2.30 bits per heavy atom. The average molecular weight is 144 g/mol. The lowest BCUT2D eigenvalue weighted by molar-refractivity contribution is 0.405. The van der Waals surface area contributed by atoms with Gasteiger partial charge in [0.1, 0.15) is 5.83 Å². The molecule has 0 saturated heterocycles. The van der Waals surface area contributed by atoms with Crippen molar-refractivity contribution >= 4 is 6.72 Å². The van der Waals surface area contributed by atoms with E-state index in [1.165, 1.54) is 11.2 Å². The summed E-state index contributed by atoms with van der Waals surface area (Å²) in [5.41, 5.74) is 0. The van der Waals surface area contributed by atoms with Crippen molar-refractivity contribution in [1.29, 1.82) is 0 Å². The molecule has 2 nitrogen and oxygen atoms in total. The van der Waals surface area contributed by atoms with Crippen LogP contribution in [-0.4, -0.2) is 18.3 Å². The number of allylic oxidation sites excluding steroid dienone is 1. The van der Waals surface area contributed by atoms with E-state index in [9.17, 15) is 4.39 Å². The van der Waals surface area contributed by atoms with Crippen LogP contribution in [0.15, 0.2) is 17.1 Å². The Bertz CT molecular complexity index is 132. The maximum Gasteiger partial charge on any atom is 0.117 e. The molecule has 0 atom stereocenters. The predicted molar refractivity (Wildman–Crippen MR) is 41.4 cm³/mol. The van der Waals surface area contributed by atoms with Crippen LogP contribution in [0.1, 0.15) is 20.3 Å². The molecule has 0 aromatic heterocycles. The molecule has 58 valence electrons. The fourth-order valence-corrected chi connectivity index (χ4v) is 0.485. The maximum atomic E-state index is 12.5. The average Bonchev–Trinajstić information content (AvgIpc) is 1.99. The van der Waals surface area contributed by atoms with Crippen molar-refractivity contribution in [3.63, 3.8) is 0 Å². The molecule has 0 rings (SSSR count). The summed E-state index contributed by atoms with van der Waals surface area (Å²) in [4.78, 5) is 0. The first-order valence-corrected chi connectivity index (χ1v) is 3.34. The summed E-state index contributed by atoms with van der Waals surface area (Å²) in [6, 6.07) is 0. The van der Waals surface area contributed by atoms with E-state index in [-0.39, 0.29) is 5.83 Å². The van der Waals surface area contributed by atoms with Crippen molar-refractivity contribution in [2.75, 3.05) is 6.54 Å². The van der Waals surface area contributed by atoms with Crippen LogP contribution in [0.3, 0.4) is 0 Å². The minimum atomic E-state index is -0.172. The first-order chi connectivity index (χ1) is 4.74. The van der Waals surface area contributed by atoms with Gasteiger partial charge in [0.05, 0.1) is 6.20 Å². The van der Waals surface area contributed by atoms with Gasteiger partial charge in [-0.3, -0.25) is 5.01 Å². The van der Waals surface area contributed by atoms with Crippen LogP contribution < -0.4 is 0 Å². The van der Waals surface area contributed by atoms with Gasteiger partial charge in [-0.15, -0.1) is 0 Å². The Labute approximate surface area is 61.0 Å². The van der Waals surface area contributed by atoms with Gasteiger partial charge in [-0.1, -0.05) is 6.92 Å². The molecule has 0 fully saturated rings. The van der Waals surface area contributed by atoms with E-state index in [1.54, 1.807) is 6.92 Å². The fourth-order valence-electron chi connectivity index (χ4n) is 0.485. The third-order valence-corrected chi connectivity index (χ3v) is 1.13. The smallest absolute Gasteiger partial charge is 0.117 e. The molecular formula is C7H13FN2. The zero-order valence-corrected chi connectivity index (χ0v) is 6.47. The molecule has 10 heavy (non-hydrogen) atoms.